The van der Waals surface area contributed by atoms with Crippen LogP contribution in [0.25, 0.3) is 0 Å². The van der Waals surface area contributed by atoms with Crippen molar-refractivity contribution in [3.63, 3.8) is 0 Å². The van der Waals surface area contributed by atoms with Crippen LogP contribution in [0.5, 0.6) is 5.75 Å². The highest BCUT2D eigenvalue weighted by Gasteiger charge is 2.02. The summed E-state index contributed by atoms with van der Waals surface area (Å²) in [6.45, 7) is 0. The lowest BCUT2D eigenvalue weighted by molar-refractivity contribution is 0.1000. The third-order valence-corrected chi connectivity index (χ3v) is 2.86. The van der Waals surface area contributed by atoms with E-state index in [1.807, 2.05) is 0 Å². The molecule has 0 spiro atoms. The molecule has 2 aromatic carbocycles. The van der Waals surface area contributed by atoms with Crippen molar-refractivity contribution < 1.29 is 14.3 Å². The van der Waals surface area contributed by atoms with Crippen LogP contribution in [0, 0.1) is 0 Å². The lowest BCUT2D eigenvalue weighted by Gasteiger charge is -2.05. The van der Waals surface area contributed by atoms with Crippen LogP contribution in [-0.2, 0) is 0 Å². The number of nitrogens with two attached hydrogens (primary N) is 2. The first-order chi connectivity index (χ1) is 10.5. The van der Waals surface area contributed by atoms with Crippen molar-refractivity contribution in [2.75, 3.05) is 25.2 Å². The third kappa shape index (κ3) is 4.82. The Hall–Kier alpha value is -3.02. The minimum atomic E-state index is -0.452. The van der Waals surface area contributed by atoms with Crippen molar-refractivity contribution in [3.05, 3.63) is 53.6 Å². The molecule has 0 heterocycles. The van der Waals surface area contributed by atoms with E-state index in [4.69, 9.17) is 16.2 Å². The number of primary amides is 1. The van der Waals surface area contributed by atoms with Crippen molar-refractivity contribution in [3.8, 4) is 5.75 Å². The van der Waals surface area contributed by atoms with Crippen LogP contribution >= 0.6 is 0 Å². The van der Waals surface area contributed by atoms with Gasteiger partial charge in [0.1, 0.15) is 12.0 Å². The highest BCUT2D eigenvalue weighted by atomic mass is 16.5. The maximum atomic E-state index is 10.7. The lowest BCUT2D eigenvalue weighted by Crippen LogP contribution is -2.11. The average Bonchev–Trinajstić information content (AvgIpc) is 2.55. The Bertz CT molecular complexity index is 640. The molecular weight excluding hydrogens is 282 g/mol. The average molecular weight is 301 g/mol. The van der Waals surface area contributed by atoms with Crippen molar-refractivity contribution in [1.82, 2.24) is 0 Å². The van der Waals surface area contributed by atoms with E-state index in [-0.39, 0.29) is 0 Å². The van der Waals surface area contributed by atoms with Gasteiger partial charge in [0.2, 0.25) is 5.91 Å². The van der Waals surface area contributed by atoms with Gasteiger partial charge in [-0.2, -0.15) is 0 Å². The van der Waals surface area contributed by atoms with Gasteiger partial charge in [-0.3, -0.25) is 9.59 Å². The summed E-state index contributed by atoms with van der Waals surface area (Å²) >= 11 is 0. The number of aldehydes is 1. The van der Waals surface area contributed by atoms with Gasteiger partial charge < -0.3 is 21.5 Å². The molecule has 5 N–H and O–H groups in total. The summed E-state index contributed by atoms with van der Waals surface area (Å²) in [6, 6.07) is 11.8. The Morgan fingerprint density at radius 1 is 1.18 bits per heavy atom. The maximum Gasteiger partial charge on any atom is 0.248 e. The second-order valence-electron chi connectivity index (χ2n) is 4.31. The van der Waals surface area contributed by atoms with Crippen molar-refractivity contribution >= 4 is 23.6 Å². The third-order valence-electron chi connectivity index (χ3n) is 2.86. The molecule has 0 saturated heterocycles. The Morgan fingerprint density at radius 3 is 2.27 bits per heavy atom. The molecule has 6 heteroatoms. The zero-order valence-electron chi connectivity index (χ0n) is 12.5. The lowest BCUT2D eigenvalue weighted by atomic mass is 10.1. The summed E-state index contributed by atoms with van der Waals surface area (Å²) < 4.78 is 4.90. The summed E-state index contributed by atoms with van der Waals surface area (Å²) in [5.74, 6) is 0.317. The molecule has 0 saturated carbocycles. The molecule has 2 rings (SSSR count). The second-order valence-corrected chi connectivity index (χ2v) is 4.31. The Kier molecular flexibility index (Phi) is 6.43. The topological polar surface area (TPSA) is 107 Å². The van der Waals surface area contributed by atoms with Crippen molar-refractivity contribution in [2.24, 2.45) is 5.73 Å². The SMILES string of the molecule is CNc1cc(C(N)=O)ccc1N.COc1ccc(C=O)cc1. The van der Waals surface area contributed by atoms with Gasteiger partial charge in [0.25, 0.3) is 0 Å². The zero-order valence-corrected chi connectivity index (χ0v) is 12.5. The number of nitrogens with one attached hydrogen (secondary N) is 1. The van der Waals surface area contributed by atoms with E-state index in [2.05, 4.69) is 5.32 Å². The molecule has 6 nitrogen and oxygen atoms in total. The number of anilines is 2. The summed E-state index contributed by atoms with van der Waals surface area (Å²) in [5.41, 5.74) is 13.1. The van der Waals surface area contributed by atoms with Gasteiger partial charge >= 0.3 is 0 Å². The van der Waals surface area contributed by atoms with E-state index in [0.717, 1.165) is 12.0 Å². The molecule has 0 aromatic heterocycles. The first-order valence-corrected chi connectivity index (χ1v) is 6.48. The molecule has 0 fully saturated rings. The van der Waals surface area contributed by atoms with Crippen LogP contribution in [0.2, 0.25) is 0 Å². The smallest absolute Gasteiger partial charge is 0.248 e. The van der Waals surface area contributed by atoms with Gasteiger partial charge in [0.15, 0.2) is 0 Å². The Morgan fingerprint density at radius 2 is 1.82 bits per heavy atom. The molecule has 0 unspecified atom stereocenters. The Balaban J connectivity index is 0.000000224. The van der Waals surface area contributed by atoms with Gasteiger partial charge in [-0.25, -0.2) is 0 Å². The van der Waals surface area contributed by atoms with E-state index < -0.39 is 5.91 Å². The number of benzene rings is 2. The zero-order chi connectivity index (χ0) is 16.5. The van der Waals surface area contributed by atoms with E-state index in [0.29, 0.717) is 22.5 Å². The van der Waals surface area contributed by atoms with Crippen molar-refractivity contribution in [2.45, 2.75) is 0 Å². The number of nitrogen functional groups attached to an aromatic ring is 1. The summed E-state index contributed by atoms with van der Waals surface area (Å²) in [4.78, 5) is 20.9. The number of amides is 1. The predicted molar refractivity (Wildman–Crippen MR) is 87.3 cm³/mol. The normalized spacial score (nSPS) is 9.18. The van der Waals surface area contributed by atoms with Crippen molar-refractivity contribution in [1.29, 1.82) is 0 Å². The summed E-state index contributed by atoms with van der Waals surface area (Å²) in [5, 5.41) is 2.86. The molecular formula is C16H19N3O3. The second kappa shape index (κ2) is 8.31. The number of carbonyl (C=O) groups is 2. The minimum Gasteiger partial charge on any atom is -0.497 e. The molecule has 2 aromatic rings. The molecule has 0 radical (unpaired) electrons. The largest absolute Gasteiger partial charge is 0.497 e. The van der Waals surface area contributed by atoms with E-state index in [9.17, 15) is 9.59 Å². The Labute approximate surface area is 129 Å². The summed E-state index contributed by atoms with van der Waals surface area (Å²) in [7, 11) is 3.33. The van der Waals surface area contributed by atoms with Crippen LogP contribution in [0.3, 0.4) is 0 Å². The van der Waals surface area contributed by atoms with E-state index in [1.54, 1.807) is 56.6 Å². The highest BCUT2D eigenvalue weighted by Crippen LogP contribution is 2.18. The van der Waals surface area contributed by atoms with Crippen LogP contribution in [0.1, 0.15) is 20.7 Å². The van der Waals surface area contributed by atoms with Crippen LogP contribution in [0.15, 0.2) is 42.5 Å². The number of ether oxygens (including phenoxy) is 1. The fourth-order valence-electron chi connectivity index (χ4n) is 1.61. The van der Waals surface area contributed by atoms with Gasteiger partial charge in [0, 0.05) is 18.2 Å². The minimum absolute atomic E-state index is 0.452. The fourth-order valence-corrected chi connectivity index (χ4v) is 1.61. The van der Waals surface area contributed by atoms with E-state index >= 15 is 0 Å². The number of hydrogen-bond donors (Lipinski definition) is 3. The van der Waals surface area contributed by atoms with Crippen LogP contribution < -0.4 is 21.5 Å². The molecule has 22 heavy (non-hydrogen) atoms. The fraction of sp³-hybridized carbons (Fsp3) is 0.125. The molecule has 0 aliphatic carbocycles. The van der Waals surface area contributed by atoms with Gasteiger partial charge in [0.05, 0.1) is 18.5 Å². The predicted octanol–water partition coefficient (Wildman–Crippen LogP) is 1.92. The molecule has 0 atom stereocenters. The van der Waals surface area contributed by atoms with Gasteiger partial charge in [-0.15, -0.1) is 0 Å². The molecule has 116 valence electrons. The van der Waals surface area contributed by atoms with Gasteiger partial charge in [-0.05, 0) is 42.5 Å². The van der Waals surface area contributed by atoms with E-state index in [1.165, 1.54) is 0 Å². The first kappa shape index (κ1) is 17.0. The highest BCUT2D eigenvalue weighted by molar-refractivity contribution is 5.94. The molecule has 0 aliphatic rings. The first-order valence-electron chi connectivity index (χ1n) is 6.48. The monoisotopic (exact) mass is 301 g/mol. The van der Waals surface area contributed by atoms with Crippen LogP contribution in [0.4, 0.5) is 11.4 Å². The standard InChI is InChI=1S/C8H11N3O.C8H8O2/c1-11-7-4-5(8(10)12)2-3-6(7)9;1-10-8-4-2-7(6-9)3-5-8/h2-4,11H,9H2,1H3,(H2,10,12);2-6H,1H3. The summed E-state index contributed by atoms with van der Waals surface area (Å²) in [6.07, 6.45) is 0.805. The molecule has 0 aliphatic heterocycles. The number of methoxy groups -OCH3 is 1. The molecule has 0 bridgehead atoms. The van der Waals surface area contributed by atoms with Crippen LogP contribution in [-0.4, -0.2) is 26.4 Å². The number of rotatable bonds is 4. The van der Waals surface area contributed by atoms with Gasteiger partial charge in [-0.1, -0.05) is 0 Å². The number of hydrogen-bond acceptors (Lipinski definition) is 5. The number of carbonyl (C=O) groups excluding carboxylic acids is 2. The molecule has 1 amide bonds. The quantitative estimate of drug-likeness (QED) is 0.590. The maximum absolute atomic E-state index is 10.7.